The average molecular weight is 318 g/mol. The minimum Gasteiger partial charge on any atom is -0.345 e. The van der Waals surface area contributed by atoms with Gasteiger partial charge in [-0.1, -0.05) is 26.0 Å². The number of nitrogens with one attached hydrogen (secondary N) is 1. The summed E-state index contributed by atoms with van der Waals surface area (Å²) >= 11 is 1.44. The second kappa shape index (κ2) is 7.40. The normalized spacial score (nSPS) is 12.2. The first-order valence-electron chi connectivity index (χ1n) is 7.08. The summed E-state index contributed by atoms with van der Waals surface area (Å²) in [5.74, 6) is -0.265. The largest absolute Gasteiger partial charge is 0.345 e. The van der Waals surface area contributed by atoms with Crippen LogP contribution in [0, 0.1) is 11.7 Å². The molecule has 2 aromatic rings. The number of nitrogens with zero attached hydrogens (tertiary/aromatic N) is 1. The first-order valence-corrected chi connectivity index (χ1v) is 8.30. The van der Waals surface area contributed by atoms with E-state index in [4.69, 9.17) is 0 Å². The van der Waals surface area contributed by atoms with Crippen molar-refractivity contribution in [2.45, 2.75) is 24.9 Å². The monoisotopic (exact) mass is 318 g/mol. The highest BCUT2D eigenvalue weighted by atomic mass is 32.2. The molecule has 1 aromatic heterocycles. The minimum atomic E-state index is -0.283. The highest BCUT2D eigenvalue weighted by molar-refractivity contribution is 7.98. The third-order valence-corrected chi connectivity index (χ3v) is 4.10. The molecule has 0 saturated carbocycles. The van der Waals surface area contributed by atoms with E-state index in [0.29, 0.717) is 10.6 Å². The lowest BCUT2D eigenvalue weighted by Crippen LogP contribution is -2.32. The number of carbonyl (C=O) groups is 1. The Balaban J connectivity index is 2.24. The molecule has 5 heteroatoms. The Morgan fingerprint density at radius 3 is 2.50 bits per heavy atom. The van der Waals surface area contributed by atoms with Crippen LogP contribution in [0.15, 0.2) is 47.6 Å². The average Bonchev–Trinajstić information content (AvgIpc) is 2.53. The van der Waals surface area contributed by atoms with E-state index in [0.717, 1.165) is 5.56 Å². The van der Waals surface area contributed by atoms with Gasteiger partial charge in [0.2, 0.25) is 0 Å². The number of pyridine rings is 1. The number of rotatable bonds is 5. The highest BCUT2D eigenvalue weighted by Gasteiger charge is 2.21. The summed E-state index contributed by atoms with van der Waals surface area (Å²) in [6, 6.07) is 9.57. The zero-order valence-electron chi connectivity index (χ0n) is 12.8. The maximum Gasteiger partial charge on any atom is 0.254 e. The van der Waals surface area contributed by atoms with Crippen molar-refractivity contribution in [3.05, 3.63) is 59.5 Å². The molecule has 1 unspecified atom stereocenters. The summed E-state index contributed by atoms with van der Waals surface area (Å²) < 4.78 is 13.1. The van der Waals surface area contributed by atoms with Crippen molar-refractivity contribution in [1.82, 2.24) is 10.3 Å². The van der Waals surface area contributed by atoms with Gasteiger partial charge in [-0.25, -0.2) is 9.37 Å². The number of thioether (sulfide) groups is 1. The molecule has 0 aliphatic rings. The van der Waals surface area contributed by atoms with Gasteiger partial charge in [-0.2, -0.15) is 0 Å². The van der Waals surface area contributed by atoms with Crippen LogP contribution in [0.3, 0.4) is 0 Å². The van der Waals surface area contributed by atoms with E-state index in [1.54, 1.807) is 30.5 Å². The zero-order valence-corrected chi connectivity index (χ0v) is 13.7. The lowest BCUT2D eigenvalue weighted by atomic mass is 9.95. The van der Waals surface area contributed by atoms with Crippen LogP contribution in [0.4, 0.5) is 4.39 Å². The lowest BCUT2D eigenvalue weighted by Gasteiger charge is -2.23. The van der Waals surface area contributed by atoms with Crippen molar-refractivity contribution in [3.8, 4) is 0 Å². The molecular weight excluding hydrogens is 299 g/mol. The fourth-order valence-corrected chi connectivity index (χ4v) is 2.80. The molecule has 1 heterocycles. The fraction of sp³-hybridized carbons (Fsp3) is 0.294. The van der Waals surface area contributed by atoms with Crippen LogP contribution in [0.1, 0.15) is 35.8 Å². The van der Waals surface area contributed by atoms with Crippen LogP contribution in [0.25, 0.3) is 0 Å². The Morgan fingerprint density at radius 1 is 1.23 bits per heavy atom. The van der Waals surface area contributed by atoms with Gasteiger partial charge in [0.25, 0.3) is 5.91 Å². The summed E-state index contributed by atoms with van der Waals surface area (Å²) in [6.45, 7) is 4.04. The van der Waals surface area contributed by atoms with Crippen molar-refractivity contribution >= 4 is 17.7 Å². The molecule has 2 rings (SSSR count). The number of amides is 1. The molecule has 1 atom stereocenters. The van der Waals surface area contributed by atoms with Gasteiger partial charge >= 0.3 is 0 Å². The fourth-order valence-electron chi connectivity index (χ4n) is 2.25. The van der Waals surface area contributed by atoms with Crippen LogP contribution in [0.2, 0.25) is 0 Å². The molecule has 0 saturated heterocycles. The Labute approximate surface area is 134 Å². The summed E-state index contributed by atoms with van der Waals surface area (Å²) in [4.78, 5) is 16.7. The Morgan fingerprint density at radius 2 is 1.91 bits per heavy atom. The van der Waals surface area contributed by atoms with Gasteiger partial charge in [-0.3, -0.25) is 4.79 Å². The highest BCUT2D eigenvalue weighted by Crippen LogP contribution is 2.24. The third-order valence-electron chi connectivity index (χ3n) is 3.39. The van der Waals surface area contributed by atoms with E-state index in [2.05, 4.69) is 10.3 Å². The zero-order chi connectivity index (χ0) is 16.1. The van der Waals surface area contributed by atoms with Crippen molar-refractivity contribution in [3.63, 3.8) is 0 Å². The number of carbonyl (C=O) groups excluding carboxylic acids is 1. The maximum absolute atomic E-state index is 13.1. The Bertz CT molecular complexity index is 643. The van der Waals surface area contributed by atoms with Gasteiger partial charge in [0, 0.05) is 6.20 Å². The van der Waals surface area contributed by atoms with Gasteiger partial charge in [-0.15, -0.1) is 11.8 Å². The summed E-state index contributed by atoms with van der Waals surface area (Å²) in [5.41, 5.74) is 1.45. The quantitative estimate of drug-likeness (QED) is 0.845. The SMILES string of the molecule is CSc1ncccc1C(=O)NC(c1ccc(F)cc1)C(C)C. The van der Waals surface area contributed by atoms with Gasteiger partial charge in [0.15, 0.2) is 0 Å². The van der Waals surface area contributed by atoms with Crippen molar-refractivity contribution in [2.75, 3.05) is 6.26 Å². The Kier molecular flexibility index (Phi) is 5.55. The van der Waals surface area contributed by atoms with E-state index >= 15 is 0 Å². The first-order chi connectivity index (χ1) is 10.5. The molecule has 22 heavy (non-hydrogen) atoms. The van der Waals surface area contributed by atoms with Gasteiger partial charge in [0.05, 0.1) is 11.6 Å². The number of halogens is 1. The van der Waals surface area contributed by atoms with E-state index < -0.39 is 0 Å². The number of hydrogen-bond donors (Lipinski definition) is 1. The van der Waals surface area contributed by atoms with E-state index in [1.807, 2.05) is 20.1 Å². The molecule has 0 spiro atoms. The maximum atomic E-state index is 13.1. The van der Waals surface area contributed by atoms with E-state index in [-0.39, 0.29) is 23.7 Å². The molecule has 0 radical (unpaired) electrons. The summed E-state index contributed by atoms with van der Waals surface area (Å²) in [6.07, 6.45) is 3.56. The number of benzene rings is 1. The van der Waals surface area contributed by atoms with E-state index in [9.17, 15) is 9.18 Å². The molecule has 0 aliphatic heterocycles. The van der Waals surface area contributed by atoms with Crippen LogP contribution >= 0.6 is 11.8 Å². The molecule has 0 bridgehead atoms. The van der Waals surface area contributed by atoms with Crippen LogP contribution in [-0.2, 0) is 0 Å². The van der Waals surface area contributed by atoms with Crippen molar-refractivity contribution < 1.29 is 9.18 Å². The van der Waals surface area contributed by atoms with Gasteiger partial charge < -0.3 is 5.32 Å². The number of aromatic nitrogens is 1. The first kappa shape index (κ1) is 16.5. The molecule has 1 amide bonds. The third kappa shape index (κ3) is 3.85. The molecule has 1 aromatic carbocycles. The van der Waals surface area contributed by atoms with Crippen LogP contribution in [0.5, 0.6) is 0 Å². The minimum absolute atomic E-state index is 0.166. The lowest BCUT2D eigenvalue weighted by molar-refractivity contribution is 0.0922. The van der Waals surface area contributed by atoms with E-state index in [1.165, 1.54) is 23.9 Å². The summed E-state index contributed by atoms with van der Waals surface area (Å²) in [7, 11) is 0. The second-order valence-corrected chi connectivity index (χ2v) is 6.10. The molecule has 1 N–H and O–H groups in total. The predicted octanol–water partition coefficient (Wildman–Crippen LogP) is 4.07. The van der Waals surface area contributed by atoms with Crippen molar-refractivity contribution in [2.24, 2.45) is 5.92 Å². The summed E-state index contributed by atoms with van der Waals surface area (Å²) in [5, 5.41) is 3.72. The van der Waals surface area contributed by atoms with Crippen molar-refractivity contribution in [1.29, 1.82) is 0 Å². The van der Waals surface area contributed by atoms with Crippen LogP contribution in [-0.4, -0.2) is 17.1 Å². The standard InChI is InChI=1S/C17H19FN2OS/c1-11(2)15(12-6-8-13(18)9-7-12)20-16(21)14-5-4-10-19-17(14)22-3/h4-11,15H,1-3H3,(H,20,21). The van der Waals surface area contributed by atoms with Gasteiger partial charge in [-0.05, 0) is 42.0 Å². The van der Waals surface area contributed by atoms with Crippen LogP contribution < -0.4 is 5.32 Å². The Hall–Kier alpha value is -1.88. The molecule has 116 valence electrons. The smallest absolute Gasteiger partial charge is 0.254 e. The predicted molar refractivity (Wildman–Crippen MR) is 87.5 cm³/mol. The molecular formula is C17H19FN2OS. The molecule has 3 nitrogen and oxygen atoms in total. The number of hydrogen-bond acceptors (Lipinski definition) is 3. The molecule has 0 fully saturated rings. The second-order valence-electron chi connectivity index (χ2n) is 5.31. The van der Waals surface area contributed by atoms with Gasteiger partial charge in [0.1, 0.15) is 10.8 Å². The molecule has 0 aliphatic carbocycles. The topological polar surface area (TPSA) is 42.0 Å².